The zero-order valence-electron chi connectivity index (χ0n) is 23.9. The first-order valence-corrected chi connectivity index (χ1v) is 14.1. The monoisotopic (exact) mass is 578 g/mol. The van der Waals surface area contributed by atoms with Gasteiger partial charge in [0.1, 0.15) is 28.9 Å². The number of esters is 2. The normalized spacial score (nSPS) is 18.8. The quantitative estimate of drug-likeness (QED) is 0.235. The third kappa shape index (κ3) is 6.46. The number of rotatable bonds is 8. The molecule has 0 spiro atoms. The number of amides is 1. The minimum Gasteiger partial charge on any atom is -0.456 e. The molecule has 2 atom stereocenters. The zero-order chi connectivity index (χ0) is 30.0. The molecule has 2 aliphatic rings. The maximum absolute atomic E-state index is 12.9. The van der Waals surface area contributed by atoms with Crippen LogP contribution in [0.4, 0.5) is 4.79 Å². The largest absolute Gasteiger partial charge is 0.456 e. The van der Waals surface area contributed by atoms with E-state index in [1.165, 1.54) is 4.90 Å². The van der Waals surface area contributed by atoms with Crippen molar-refractivity contribution in [1.29, 1.82) is 0 Å². The summed E-state index contributed by atoms with van der Waals surface area (Å²) in [5.41, 5.74) is 0.798. The van der Waals surface area contributed by atoms with Gasteiger partial charge < -0.3 is 23.9 Å². The smallest absolute Gasteiger partial charge is 0.411 e. The number of hydrogen-bond acceptors (Lipinski definition) is 10. The molecule has 0 saturated carbocycles. The van der Waals surface area contributed by atoms with Gasteiger partial charge in [-0.2, -0.15) is 0 Å². The summed E-state index contributed by atoms with van der Waals surface area (Å²) in [6.07, 6.45) is 2.06. The minimum atomic E-state index is -0.801. The van der Waals surface area contributed by atoms with Gasteiger partial charge in [0, 0.05) is 28.4 Å². The molecular formula is C31H34N2O9. The maximum atomic E-state index is 12.9. The Hall–Kier alpha value is -4.25. The van der Waals surface area contributed by atoms with Gasteiger partial charge in [0.15, 0.2) is 24.8 Å². The summed E-state index contributed by atoms with van der Waals surface area (Å²) in [7, 11) is 0. The number of nitrogens with zero attached hydrogens (tertiary/aromatic N) is 1. The van der Waals surface area contributed by atoms with E-state index in [1.807, 2.05) is 0 Å². The second-order valence-corrected chi connectivity index (χ2v) is 11.6. The standard InChI is InChI=1S/C31H34N2O9/c1-31(2,3)42-30(38)33-13-5-7-23(33)29(37)40-17-25(35)19-9-11-21-20-10-8-18(14-26(20)41-27(21)15-19)24(34)16-39-28(36)22-6-4-12-32-22/h8-11,14-15,22-23,32H,4-7,12-13,16-17H2,1-3H3/t22-,23-/m0/s1. The second kappa shape index (κ2) is 11.9. The molecule has 3 heterocycles. The van der Waals surface area contributed by atoms with Crippen LogP contribution in [0.25, 0.3) is 21.9 Å². The first-order chi connectivity index (χ1) is 20.0. The molecule has 1 aromatic heterocycles. The molecule has 2 aromatic carbocycles. The first kappa shape index (κ1) is 29.2. The molecule has 2 saturated heterocycles. The van der Waals surface area contributed by atoms with Gasteiger partial charge in [0.05, 0.1) is 0 Å². The van der Waals surface area contributed by atoms with Crippen LogP contribution in [0.1, 0.15) is 67.2 Å². The van der Waals surface area contributed by atoms with Crippen molar-refractivity contribution in [2.75, 3.05) is 26.3 Å². The summed E-state index contributed by atoms with van der Waals surface area (Å²) in [5.74, 6) is -1.87. The summed E-state index contributed by atoms with van der Waals surface area (Å²) >= 11 is 0. The van der Waals surface area contributed by atoms with Gasteiger partial charge in [-0.25, -0.2) is 9.59 Å². The first-order valence-electron chi connectivity index (χ1n) is 14.1. The number of hydrogen-bond donors (Lipinski definition) is 1. The molecule has 3 aromatic rings. The Kier molecular flexibility index (Phi) is 8.31. The summed E-state index contributed by atoms with van der Waals surface area (Å²) in [6.45, 7) is 5.52. The molecule has 1 amide bonds. The molecule has 11 heteroatoms. The highest BCUT2D eigenvalue weighted by molar-refractivity contribution is 6.10. The van der Waals surface area contributed by atoms with E-state index in [-0.39, 0.29) is 24.0 Å². The summed E-state index contributed by atoms with van der Waals surface area (Å²) in [6, 6.07) is 8.71. The lowest BCUT2D eigenvalue weighted by Crippen LogP contribution is -2.44. The third-order valence-electron chi connectivity index (χ3n) is 7.31. The van der Waals surface area contributed by atoms with Gasteiger partial charge in [-0.3, -0.25) is 19.3 Å². The van der Waals surface area contributed by atoms with E-state index in [0.717, 1.165) is 23.7 Å². The van der Waals surface area contributed by atoms with Crippen LogP contribution in [0.5, 0.6) is 0 Å². The van der Waals surface area contributed by atoms with Crippen LogP contribution in [0.3, 0.4) is 0 Å². The number of carbonyl (C=O) groups is 5. The van der Waals surface area contributed by atoms with Crippen molar-refractivity contribution in [3.05, 3.63) is 47.5 Å². The van der Waals surface area contributed by atoms with Crippen LogP contribution in [-0.2, 0) is 23.8 Å². The van der Waals surface area contributed by atoms with E-state index in [0.29, 0.717) is 42.5 Å². The SMILES string of the molecule is CC(C)(C)OC(=O)N1CCC[C@H]1C(=O)OCC(=O)c1ccc2c(c1)oc1cc(C(=O)COC(=O)[C@@H]3CCCN3)ccc12. The van der Waals surface area contributed by atoms with E-state index in [9.17, 15) is 24.0 Å². The lowest BCUT2D eigenvalue weighted by Gasteiger charge is -2.27. The fourth-order valence-electron chi connectivity index (χ4n) is 5.20. The number of nitrogens with one attached hydrogen (secondary N) is 1. The van der Waals surface area contributed by atoms with Gasteiger partial charge in [0.2, 0.25) is 0 Å². The molecule has 0 radical (unpaired) electrons. The van der Waals surface area contributed by atoms with Gasteiger partial charge >= 0.3 is 18.0 Å². The summed E-state index contributed by atoms with van der Waals surface area (Å²) < 4.78 is 21.8. The van der Waals surface area contributed by atoms with E-state index in [1.54, 1.807) is 57.2 Å². The Morgan fingerprint density at radius 2 is 1.45 bits per heavy atom. The van der Waals surface area contributed by atoms with E-state index in [4.69, 9.17) is 18.6 Å². The number of furan rings is 1. The summed E-state index contributed by atoms with van der Waals surface area (Å²) in [4.78, 5) is 64.2. The van der Waals surface area contributed by atoms with Crippen molar-refractivity contribution in [3.63, 3.8) is 0 Å². The number of ether oxygens (including phenoxy) is 3. The van der Waals surface area contributed by atoms with Gasteiger partial charge in [-0.05, 0) is 77.3 Å². The molecule has 11 nitrogen and oxygen atoms in total. The Morgan fingerprint density at radius 1 is 0.857 bits per heavy atom. The number of ketones is 2. The molecule has 42 heavy (non-hydrogen) atoms. The molecule has 0 unspecified atom stereocenters. The predicted octanol–water partition coefficient (Wildman–Crippen LogP) is 4.19. The van der Waals surface area contributed by atoms with Crippen LogP contribution >= 0.6 is 0 Å². The van der Waals surface area contributed by atoms with Crippen molar-refractivity contribution in [3.8, 4) is 0 Å². The fourth-order valence-corrected chi connectivity index (χ4v) is 5.20. The van der Waals surface area contributed by atoms with Crippen LogP contribution < -0.4 is 5.32 Å². The van der Waals surface area contributed by atoms with Crippen LogP contribution in [0.2, 0.25) is 0 Å². The zero-order valence-corrected chi connectivity index (χ0v) is 23.9. The molecular weight excluding hydrogens is 544 g/mol. The van der Waals surface area contributed by atoms with Crippen molar-refractivity contribution < 1.29 is 42.6 Å². The van der Waals surface area contributed by atoms with Gasteiger partial charge in [-0.15, -0.1) is 0 Å². The molecule has 2 fully saturated rings. The van der Waals surface area contributed by atoms with Crippen molar-refractivity contribution >= 4 is 51.5 Å². The van der Waals surface area contributed by atoms with Crippen molar-refractivity contribution in [1.82, 2.24) is 10.2 Å². The van der Waals surface area contributed by atoms with Crippen LogP contribution in [-0.4, -0.2) is 78.5 Å². The highest BCUT2D eigenvalue weighted by Gasteiger charge is 2.38. The van der Waals surface area contributed by atoms with Crippen LogP contribution in [0, 0.1) is 0 Å². The fraction of sp³-hybridized carbons (Fsp3) is 0.452. The minimum absolute atomic E-state index is 0.286. The van der Waals surface area contributed by atoms with Crippen LogP contribution in [0.15, 0.2) is 40.8 Å². The average molecular weight is 579 g/mol. The van der Waals surface area contributed by atoms with E-state index < -0.39 is 42.1 Å². The number of fused-ring (bicyclic) bond motifs is 3. The molecule has 1 N–H and O–H groups in total. The Morgan fingerprint density at radius 3 is 2.00 bits per heavy atom. The number of carbonyl (C=O) groups excluding carboxylic acids is 5. The Balaban J connectivity index is 1.21. The lowest BCUT2D eigenvalue weighted by molar-refractivity contribution is -0.147. The van der Waals surface area contributed by atoms with E-state index >= 15 is 0 Å². The van der Waals surface area contributed by atoms with Gasteiger partial charge in [-0.1, -0.05) is 12.1 Å². The number of Topliss-reactive ketones (excluding diaryl/α,β-unsaturated/α-hetero) is 2. The molecule has 2 aliphatic heterocycles. The highest BCUT2D eigenvalue weighted by atomic mass is 16.6. The summed E-state index contributed by atoms with van der Waals surface area (Å²) in [5, 5.41) is 4.54. The molecule has 5 rings (SSSR count). The molecule has 222 valence electrons. The average Bonchev–Trinajstić information content (AvgIpc) is 3.72. The Bertz CT molecular complexity index is 1550. The molecule has 0 bridgehead atoms. The second-order valence-electron chi connectivity index (χ2n) is 11.6. The van der Waals surface area contributed by atoms with E-state index in [2.05, 4.69) is 5.32 Å². The predicted molar refractivity (Wildman–Crippen MR) is 151 cm³/mol. The van der Waals surface area contributed by atoms with Gasteiger partial charge in [0.25, 0.3) is 0 Å². The Labute approximate surface area is 242 Å². The van der Waals surface area contributed by atoms with Crippen molar-refractivity contribution in [2.45, 2.75) is 64.1 Å². The van der Waals surface area contributed by atoms with Crippen molar-refractivity contribution in [2.24, 2.45) is 0 Å². The lowest BCUT2D eigenvalue weighted by atomic mass is 10.1. The topological polar surface area (TPSA) is 141 Å². The third-order valence-corrected chi connectivity index (χ3v) is 7.31. The highest BCUT2D eigenvalue weighted by Crippen LogP contribution is 2.30. The number of likely N-dealkylation sites (tertiary alicyclic amines) is 1. The number of benzene rings is 2. The maximum Gasteiger partial charge on any atom is 0.411 e. The molecule has 0 aliphatic carbocycles.